The summed E-state index contributed by atoms with van der Waals surface area (Å²) in [5, 5.41) is 12.0. The summed E-state index contributed by atoms with van der Waals surface area (Å²) >= 11 is 1.79. The number of fused-ring (bicyclic) bond motifs is 1. The SMILES string of the molecule is CC(Nc1nnc(CN)o1)c1nc2c(s1)CCCC2.Cl. The summed E-state index contributed by atoms with van der Waals surface area (Å²) in [6, 6.07) is 0.475. The Morgan fingerprint density at radius 3 is 2.85 bits per heavy atom. The van der Waals surface area contributed by atoms with Gasteiger partial charge in [-0.25, -0.2) is 4.98 Å². The fourth-order valence-electron chi connectivity index (χ4n) is 2.20. The van der Waals surface area contributed by atoms with Crippen LogP contribution < -0.4 is 11.1 Å². The van der Waals surface area contributed by atoms with Crippen LogP contribution in [-0.2, 0) is 19.4 Å². The highest BCUT2D eigenvalue weighted by molar-refractivity contribution is 7.11. The van der Waals surface area contributed by atoms with Gasteiger partial charge in [0.15, 0.2) is 0 Å². The lowest BCUT2D eigenvalue weighted by Crippen LogP contribution is -2.07. The Morgan fingerprint density at radius 2 is 2.15 bits per heavy atom. The predicted molar refractivity (Wildman–Crippen MR) is 80.2 cm³/mol. The zero-order valence-electron chi connectivity index (χ0n) is 11.3. The molecule has 2 aromatic rings. The second-order valence-electron chi connectivity index (χ2n) is 4.70. The van der Waals surface area contributed by atoms with E-state index in [1.54, 1.807) is 11.3 Å². The van der Waals surface area contributed by atoms with Crippen molar-refractivity contribution in [1.29, 1.82) is 0 Å². The van der Waals surface area contributed by atoms with Crippen LogP contribution in [0, 0.1) is 0 Å². The average molecular weight is 316 g/mol. The van der Waals surface area contributed by atoms with Crippen molar-refractivity contribution in [2.75, 3.05) is 5.32 Å². The van der Waals surface area contributed by atoms with Crippen LogP contribution in [0.5, 0.6) is 0 Å². The molecule has 1 aliphatic rings. The van der Waals surface area contributed by atoms with Gasteiger partial charge in [-0.2, -0.15) is 0 Å². The van der Waals surface area contributed by atoms with E-state index in [1.807, 2.05) is 0 Å². The van der Waals surface area contributed by atoms with Crippen LogP contribution in [0.2, 0.25) is 0 Å². The molecule has 0 radical (unpaired) electrons. The Hall–Kier alpha value is -1.18. The van der Waals surface area contributed by atoms with Crippen LogP contribution in [0.4, 0.5) is 6.01 Å². The molecule has 110 valence electrons. The van der Waals surface area contributed by atoms with Crippen molar-refractivity contribution in [3.8, 4) is 0 Å². The molecular weight excluding hydrogens is 298 g/mol. The van der Waals surface area contributed by atoms with Gasteiger partial charge in [-0.15, -0.1) is 28.8 Å². The summed E-state index contributed by atoms with van der Waals surface area (Å²) in [5.74, 6) is 0.438. The molecule has 0 amide bonds. The van der Waals surface area contributed by atoms with Crippen molar-refractivity contribution in [2.45, 2.75) is 45.2 Å². The smallest absolute Gasteiger partial charge is 0.316 e. The largest absolute Gasteiger partial charge is 0.407 e. The van der Waals surface area contributed by atoms with E-state index >= 15 is 0 Å². The zero-order chi connectivity index (χ0) is 13.2. The number of nitrogens with zero attached hydrogens (tertiary/aromatic N) is 3. The molecule has 3 rings (SSSR count). The van der Waals surface area contributed by atoms with Crippen molar-refractivity contribution in [3.63, 3.8) is 0 Å². The van der Waals surface area contributed by atoms with E-state index in [0.717, 1.165) is 17.8 Å². The molecule has 1 atom stereocenters. The van der Waals surface area contributed by atoms with Crippen LogP contribution in [-0.4, -0.2) is 15.2 Å². The van der Waals surface area contributed by atoms with Gasteiger partial charge in [0.05, 0.1) is 18.3 Å². The molecule has 2 aromatic heterocycles. The van der Waals surface area contributed by atoms with Crippen LogP contribution in [0.15, 0.2) is 4.42 Å². The van der Waals surface area contributed by atoms with Gasteiger partial charge in [0, 0.05) is 4.88 Å². The highest BCUT2D eigenvalue weighted by atomic mass is 35.5. The van der Waals surface area contributed by atoms with Crippen LogP contribution in [0.3, 0.4) is 0 Å². The lowest BCUT2D eigenvalue weighted by Gasteiger charge is -2.07. The summed E-state index contributed by atoms with van der Waals surface area (Å²) in [6.07, 6.45) is 4.80. The van der Waals surface area contributed by atoms with Crippen molar-refractivity contribution in [1.82, 2.24) is 15.2 Å². The minimum Gasteiger partial charge on any atom is -0.407 e. The Morgan fingerprint density at radius 1 is 1.35 bits per heavy atom. The van der Waals surface area contributed by atoms with Crippen molar-refractivity contribution in [3.05, 3.63) is 21.5 Å². The standard InChI is InChI=1S/C12H17N5OS.ClH/c1-7(14-12-17-16-10(6-13)18-12)11-15-8-4-2-3-5-9(8)19-11;/h7H,2-6,13H2,1H3,(H,14,17);1H. The minimum absolute atomic E-state index is 0. The highest BCUT2D eigenvalue weighted by Gasteiger charge is 2.19. The topological polar surface area (TPSA) is 89.9 Å². The number of nitrogens with one attached hydrogen (secondary N) is 1. The number of hydrogen-bond donors (Lipinski definition) is 2. The molecule has 2 heterocycles. The monoisotopic (exact) mass is 315 g/mol. The zero-order valence-corrected chi connectivity index (χ0v) is 12.9. The first-order valence-corrected chi connectivity index (χ1v) is 7.35. The summed E-state index contributed by atoms with van der Waals surface area (Å²) in [5.41, 5.74) is 6.71. The number of nitrogens with two attached hydrogens (primary N) is 1. The van der Waals surface area contributed by atoms with Gasteiger partial charge in [0.2, 0.25) is 5.89 Å². The second-order valence-corrected chi connectivity index (χ2v) is 5.82. The number of aromatic nitrogens is 3. The van der Waals surface area contributed by atoms with Crippen molar-refractivity contribution >= 4 is 29.8 Å². The second kappa shape index (κ2) is 6.51. The molecule has 0 bridgehead atoms. The van der Waals surface area contributed by atoms with Gasteiger partial charge in [-0.3, -0.25) is 0 Å². The van der Waals surface area contributed by atoms with Gasteiger partial charge in [-0.05, 0) is 32.6 Å². The van der Waals surface area contributed by atoms with Crippen LogP contribution >= 0.6 is 23.7 Å². The van der Waals surface area contributed by atoms with Gasteiger partial charge in [0.1, 0.15) is 5.01 Å². The molecule has 1 unspecified atom stereocenters. The van der Waals surface area contributed by atoms with E-state index < -0.39 is 0 Å². The lowest BCUT2D eigenvalue weighted by atomic mass is 10.0. The number of rotatable bonds is 4. The molecule has 6 nitrogen and oxygen atoms in total. The highest BCUT2D eigenvalue weighted by Crippen LogP contribution is 2.30. The maximum atomic E-state index is 5.44. The molecule has 8 heteroatoms. The quantitative estimate of drug-likeness (QED) is 0.900. The van der Waals surface area contributed by atoms with Gasteiger partial charge < -0.3 is 15.5 Å². The third-order valence-corrected chi connectivity index (χ3v) is 4.55. The third kappa shape index (κ3) is 3.11. The molecule has 0 saturated carbocycles. The third-order valence-electron chi connectivity index (χ3n) is 3.21. The molecule has 0 aliphatic heterocycles. The van der Waals surface area contributed by atoms with Gasteiger partial charge >= 0.3 is 6.01 Å². The number of hydrogen-bond acceptors (Lipinski definition) is 7. The van der Waals surface area contributed by atoms with E-state index in [4.69, 9.17) is 15.1 Å². The maximum absolute atomic E-state index is 5.44. The molecule has 0 fully saturated rings. The number of halogens is 1. The molecule has 3 N–H and O–H groups in total. The van der Waals surface area contributed by atoms with E-state index in [1.165, 1.54) is 23.4 Å². The fraction of sp³-hybridized carbons (Fsp3) is 0.583. The van der Waals surface area contributed by atoms with Crippen LogP contribution in [0.1, 0.15) is 47.3 Å². The first-order valence-electron chi connectivity index (χ1n) is 6.53. The minimum atomic E-state index is 0. The normalized spacial score (nSPS) is 15.3. The Labute approximate surface area is 127 Å². The molecule has 0 saturated heterocycles. The summed E-state index contributed by atoms with van der Waals surface area (Å²) in [6.45, 7) is 2.31. The molecule has 1 aliphatic carbocycles. The fourth-order valence-corrected chi connectivity index (χ4v) is 3.35. The van der Waals surface area contributed by atoms with Gasteiger partial charge in [-0.1, -0.05) is 5.10 Å². The van der Waals surface area contributed by atoms with E-state index in [2.05, 4.69) is 22.4 Å². The molecular formula is C12H18ClN5OS. The number of aryl methyl sites for hydroxylation is 2. The van der Waals surface area contributed by atoms with Crippen LogP contribution in [0.25, 0.3) is 0 Å². The van der Waals surface area contributed by atoms with E-state index in [9.17, 15) is 0 Å². The number of anilines is 1. The Kier molecular flexibility index (Phi) is 4.95. The predicted octanol–water partition coefficient (Wildman–Crippen LogP) is 2.46. The molecule has 20 heavy (non-hydrogen) atoms. The van der Waals surface area contributed by atoms with E-state index in [-0.39, 0.29) is 25.0 Å². The molecule has 0 spiro atoms. The Bertz CT molecular complexity index is 546. The van der Waals surface area contributed by atoms with Crippen molar-refractivity contribution in [2.24, 2.45) is 5.73 Å². The average Bonchev–Trinajstić information content (AvgIpc) is 3.04. The summed E-state index contributed by atoms with van der Waals surface area (Å²) < 4.78 is 5.35. The maximum Gasteiger partial charge on any atom is 0.316 e. The van der Waals surface area contributed by atoms with Crippen molar-refractivity contribution < 1.29 is 4.42 Å². The first kappa shape index (κ1) is 15.2. The lowest BCUT2D eigenvalue weighted by molar-refractivity contribution is 0.503. The number of thiazole rings is 1. The summed E-state index contributed by atoms with van der Waals surface area (Å²) in [7, 11) is 0. The Balaban J connectivity index is 0.00000147. The summed E-state index contributed by atoms with van der Waals surface area (Å²) in [4.78, 5) is 6.15. The van der Waals surface area contributed by atoms with E-state index in [0.29, 0.717) is 11.9 Å². The molecule has 0 aromatic carbocycles. The van der Waals surface area contributed by atoms with Gasteiger partial charge in [0.25, 0.3) is 0 Å². The first-order chi connectivity index (χ1) is 9.26.